The zero-order chi connectivity index (χ0) is 22.8. The molecule has 0 spiro atoms. The van der Waals surface area contributed by atoms with Gasteiger partial charge >= 0.3 is 7.82 Å². The minimum atomic E-state index is -3.77. The van der Waals surface area contributed by atoms with E-state index < -0.39 is 7.82 Å². The third-order valence-electron chi connectivity index (χ3n) is 5.00. The van der Waals surface area contributed by atoms with Crippen molar-refractivity contribution in [2.24, 2.45) is 0 Å². The number of ether oxygens (including phenoxy) is 1. The summed E-state index contributed by atoms with van der Waals surface area (Å²) in [5.41, 5.74) is 0.304. The van der Waals surface area contributed by atoms with E-state index >= 15 is 0 Å². The molecular formula is C24H40NO5P. The molecule has 7 heteroatoms. The van der Waals surface area contributed by atoms with E-state index in [-0.39, 0.29) is 5.75 Å². The minimum Gasteiger partial charge on any atom is -0.495 e. The van der Waals surface area contributed by atoms with Crippen LogP contribution in [-0.2, 0) is 13.6 Å². The Morgan fingerprint density at radius 3 is 1.84 bits per heavy atom. The molecule has 0 N–H and O–H groups in total. The number of nitriles is 1. The van der Waals surface area contributed by atoms with Crippen molar-refractivity contribution >= 4 is 7.82 Å². The second kappa shape index (κ2) is 17.1. The molecule has 0 aliphatic rings. The zero-order valence-corrected chi connectivity index (χ0v) is 20.5. The standard InChI is InChI=1S/C24H40NO5P/c1-4-6-8-10-12-14-18-28-31(26,29-19-15-13-11-9-7-5-2)30-23-16-17-24(27-3)22(20-23)21-25/h16-17,20H,4-15,18-19H2,1-3H3. The van der Waals surface area contributed by atoms with Crippen LogP contribution in [0.25, 0.3) is 0 Å². The van der Waals surface area contributed by atoms with Crippen molar-refractivity contribution in [2.45, 2.75) is 90.9 Å². The van der Waals surface area contributed by atoms with Gasteiger partial charge in [-0.3, -0.25) is 9.05 Å². The highest BCUT2D eigenvalue weighted by Gasteiger charge is 2.28. The van der Waals surface area contributed by atoms with Crippen molar-refractivity contribution in [1.82, 2.24) is 0 Å². The monoisotopic (exact) mass is 453 g/mol. The van der Waals surface area contributed by atoms with Crippen molar-refractivity contribution in [2.75, 3.05) is 20.3 Å². The van der Waals surface area contributed by atoms with E-state index in [0.29, 0.717) is 24.5 Å². The van der Waals surface area contributed by atoms with Crippen molar-refractivity contribution < 1.29 is 22.9 Å². The molecule has 0 saturated heterocycles. The van der Waals surface area contributed by atoms with Gasteiger partial charge in [0.2, 0.25) is 0 Å². The molecule has 0 fully saturated rings. The van der Waals surface area contributed by atoms with E-state index in [1.807, 2.05) is 6.07 Å². The van der Waals surface area contributed by atoms with Crippen LogP contribution in [0.2, 0.25) is 0 Å². The lowest BCUT2D eigenvalue weighted by Crippen LogP contribution is -2.05. The number of methoxy groups -OCH3 is 1. The molecule has 0 unspecified atom stereocenters. The third-order valence-corrected chi connectivity index (χ3v) is 6.44. The van der Waals surface area contributed by atoms with E-state index in [0.717, 1.165) is 38.5 Å². The van der Waals surface area contributed by atoms with Gasteiger partial charge in [0, 0.05) is 6.07 Å². The molecule has 0 atom stereocenters. The number of phosphoric ester groups is 1. The molecule has 0 radical (unpaired) electrons. The first-order chi connectivity index (χ1) is 15.1. The minimum absolute atomic E-state index is 0.270. The Bertz CT molecular complexity index is 667. The van der Waals surface area contributed by atoms with Crippen LogP contribution >= 0.6 is 7.82 Å². The van der Waals surface area contributed by atoms with Crippen molar-refractivity contribution in [1.29, 1.82) is 5.26 Å². The predicted molar refractivity (Wildman–Crippen MR) is 125 cm³/mol. The van der Waals surface area contributed by atoms with Crippen LogP contribution in [0.4, 0.5) is 0 Å². The summed E-state index contributed by atoms with van der Waals surface area (Å²) in [5.74, 6) is 0.706. The lowest BCUT2D eigenvalue weighted by molar-refractivity contribution is 0.150. The summed E-state index contributed by atoms with van der Waals surface area (Å²) in [5, 5.41) is 9.28. The van der Waals surface area contributed by atoms with Gasteiger partial charge in [-0.05, 0) is 25.0 Å². The van der Waals surface area contributed by atoms with Gasteiger partial charge < -0.3 is 9.26 Å². The Labute approximate surface area is 188 Å². The Hall–Kier alpha value is -1.54. The van der Waals surface area contributed by atoms with Crippen LogP contribution in [0, 0.1) is 11.3 Å². The summed E-state index contributed by atoms with van der Waals surface area (Å²) in [6, 6.07) is 6.76. The van der Waals surface area contributed by atoms with E-state index in [1.54, 1.807) is 12.1 Å². The number of unbranched alkanes of at least 4 members (excludes halogenated alkanes) is 10. The highest BCUT2D eigenvalue weighted by Crippen LogP contribution is 2.50. The molecule has 0 heterocycles. The lowest BCUT2D eigenvalue weighted by Gasteiger charge is -2.19. The van der Waals surface area contributed by atoms with Gasteiger partial charge in [-0.2, -0.15) is 5.26 Å². The van der Waals surface area contributed by atoms with Crippen LogP contribution in [0.15, 0.2) is 18.2 Å². The van der Waals surface area contributed by atoms with Crippen molar-refractivity contribution in [3.63, 3.8) is 0 Å². The fraction of sp³-hybridized carbons (Fsp3) is 0.708. The van der Waals surface area contributed by atoms with Crippen LogP contribution in [0.1, 0.15) is 96.5 Å². The lowest BCUT2D eigenvalue weighted by atomic mass is 10.1. The zero-order valence-electron chi connectivity index (χ0n) is 19.6. The summed E-state index contributed by atoms with van der Waals surface area (Å²) in [4.78, 5) is 0. The quantitative estimate of drug-likeness (QED) is 0.157. The summed E-state index contributed by atoms with van der Waals surface area (Å²) >= 11 is 0. The van der Waals surface area contributed by atoms with Crippen LogP contribution < -0.4 is 9.26 Å². The number of nitrogens with zero attached hydrogens (tertiary/aromatic N) is 1. The molecule has 0 bridgehead atoms. The molecule has 0 aliphatic heterocycles. The number of phosphoric acid groups is 1. The fourth-order valence-corrected chi connectivity index (χ4v) is 4.42. The first-order valence-corrected chi connectivity index (χ1v) is 13.2. The van der Waals surface area contributed by atoms with E-state index in [2.05, 4.69) is 13.8 Å². The number of hydrogen-bond acceptors (Lipinski definition) is 6. The molecule has 0 aromatic heterocycles. The average Bonchev–Trinajstić information content (AvgIpc) is 2.77. The largest absolute Gasteiger partial charge is 0.530 e. The number of hydrogen-bond donors (Lipinski definition) is 0. The number of benzene rings is 1. The van der Waals surface area contributed by atoms with Crippen LogP contribution in [0.5, 0.6) is 11.5 Å². The van der Waals surface area contributed by atoms with Gasteiger partial charge in [-0.25, -0.2) is 4.57 Å². The molecule has 0 aliphatic carbocycles. The molecule has 0 amide bonds. The Morgan fingerprint density at radius 2 is 1.35 bits per heavy atom. The van der Waals surface area contributed by atoms with Gasteiger partial charge in [0.05, 0.1) is 25.9 Å². The van der Waals surface area contributed by atoms with Gasteiger partial charge in [0.1, 0.15) is 17.6 Å². The van der Waals surface area contributed by atoms with E-state index in [9.17, 15) is 9.83 Å². The first kappa shape index (κ1) is 27.5. The molecular weight excluding hydrogens is 413 g/mol. The maximum Gasteiger partial charge on any atom is 0.530 e. The molecule has 1 aromatic rings. The maximum atomic E-state index is 13.2. The Kier molecular flexibility index (Phi) is 15.1. The van der Waals surface area contributed by atoms with Gasteiger partial charge in [0.25, 0.3) is 0 Å². The molecule has 0 saturated carbocycles. The fourth-order valence-electron chi connectivity index (χ4n) is 3.17. The predicted octanol–water partition coefficient (Wildman–Crippen LogP) is 7.81. The molecule has 6 nitrogen and oxygen atoms in total. The Morgan fingerprint density at radius 1 is 0.839 bits per heavy atom. The second-order valence-corrected chi connectivity index (χ2v) is 9.31. The topological polar surface area (TPSA) is 77.8 Å². The first-order valence-electron chi connectivity index (χ1n) is 11.7. The van der Waals surface area contributed by atoms with Crippen LogP contribution in [0.3, 0.4) is 0 Å². The van der Waals surface area contributed by atoms with Crippen LogP contribution in [-0.4, -0.2) is 20.3 Å². The smallest absolute Gasteiger partial charge is 0.495 e. The summed E-state index contributed by atoms with van der Waals surface area (Å²) in [6.07, 6.45) is 13.3. The summed E-state index contributed by atoms with van der Waals surface area (Å²) in [6.45, 7) is 5.02. The Balaban J connectivity index is 2.62. The van der Waals surface area contributed by atoms with E-state index in [4.69, 9.17) is 18.3 Å². The average molecular weight is 454 g/mol. The van der Waals surface area contributed by atoms with Gasteiger partial charge in [-0.1, -0.05) is 78.1 Å². The molecule has 176 valence electrons. The summed E-state index contributed by atoms with van der Waals surface area (Å²) < 4.78 is 35.2. The maximum absolute atomic E-state index is 13.2. The van der Waals surface area contributed by atoms with Gasteiger partial charge in [-0.15, -0.1) is 0 Å². The SMILES string of the molecule is CCCCCCCCOP(=O)(OCCCCCCCC)Oc1ccc(OC)c(C#N)c1. The van der Waals surface area contributed by atoms with E-state index in [1.165, 1.54) is 51.7 Å². The second-order valence-electron chi connectivity index (χ2n) is 7.71. The highest BCUT2D eigenvalue weighted by molar-refractivity contribution is 7.48. The summed E-state index contributed by atoms with van der Waals surface area (Å²) in [7, 11) is -2.27. The van der Waals surface area contributed by atoms with Crippen molar-refractivity contribution in [3.8, 4) is 17.6 Å². The third kappa shape index (κ3) is 12.2. The molecule has 31 heavy (non-hydrogen) atoms. The number of rotatable bonds is 19. The van der Waals surface area contributed by atoms with Crippen molar-refractivity contribution in [3.05, 3.63) is 23.8 Å². The normalized spacial score (nSPS) is 11.3. The highest BCUT2D eigenvalue weighted by atomic mass is 31.2. The molecule has 1 rings (SSSR count). The molecule has 1 aromatic carbocycles. The van der Waals surface area contributed by atoms with Gasteiger partial charge in [0.15, 0.2) is 0 Å².